The monoisotopic (exact) mass is 553 g/mol. The van der Waals surface area contributed by atoms with Crippen molar-refractivity contribution in [3.63, 3.8) is 0 Å². The first-order chi connectivity index (χ1) is 19.2. The first-order valence-corrected chi connectivity index (χ1v) is 12.3. The number of amides is 1. The van der Waals surface area contributed by atoms with Gasteiger partial charge in [0, 0.05) is 18.5 Å². The highest BCUT2D eigenvalue weighted by Crippen LogP contribution is 2.31. The first kappa shape index (κ1) is 28.3. The molecule has 40 heavy (non-hydrogen) atoms. The number of carbonyl (C=O) groups excluding carboxylic acids is 2. The fourth-order valence-corrected chi connectivity index (χ4v) is 4.09. The van der Waals surface area contributed by atoms with Crippen molar-refractivity contribution in [1.29, 1.82) is 0 Å². The summed E-state index contributed by atoms with van der Waals surface area (Å²) >= 11 is 0. The van der Waals surface area contributed by atoms with Crippen LogP contribution in [0.2, 0.25) is 0 Å². The number of carbonyl (C=O) groups is 2. The van der Waals surface area contributed by atoms with E-state index < -0.39 is 35.8 Å². The molecule has 0 bridgehead atoms. The van der Waals surface area contributed by atoms with E-state index in [1.165, 1.54) is 17.7 Å². The van der Waals surface area contributed by atoms with E-state index in [1.807, 2.05) is 6.07 Å². The largest absolute Gasteiger partial charge is 0.496 e. The van der Waals surface area contributed by atoms with Crippen LogP contribution in [0.25, 0.3) is 11.0 Å². The molecule has 1 aromatic heterocycles. The second kappa shape index (κ2) is 12.5. The van der Waals surface area contributed by atoms with E-state index in [9.17, 15) is 27.6 Å². The van der Waals surface area contributed by atoms with Crippen molar-refractivity contribution in [2.24, 2.45) is 0 Å². The molecular weight excluding hydrogens is 527 g/mol. The molecule has 4 rings (SSSR count). The smallest absolute Gasteiger partial charge is 0.416 e. The number of alkyl halides is 3. The standard InChI is InChI=1S/C29H26F3N3O5/c1-39-25-10-6-5-9-20(25)16-33-26(36)18-40-27(37)14-12-22-28(38)35(17-19-7-3-2-4-8-19)24-13-11-21(29(30,31)32)15-23(24)34-22/h2-11,13,15H,12,14,16-18H2,1H3,(H,33,36). The van der Waals surface area contributed by atoms with Crippen LogP contribution < -0.4 is 15.6 Å². The summed E-state index contributed by atoms with van der Waals surface area (Å²) in [7, 11) is 1.51. The number of hydrogen-bond donors (Lipinski definition) is 1. The van der Waals surface area contributed by atoms with E-state index in [0.717, 1.165) is 23.3 Å². The van der Waals surface area contributed by atoms with Gasteiger partial charge in [-0.05, 0) is 29.8 Å². The van der Waals surface area contributed by atoms with E-state index in [0.29, 0.717) is 5.75 Å². The van der Waals surface area contributed by atoms with Crippen LogP contribution in [0.5, 0.6) is 5.75 Å². The molecule has 0 saturated heterocycles. The molecule has 0 spiro atoms. The number of methoxy groups -OCH3 is 1. The van der Waals surface area contributed by atoms with Gasteiger partial charge in [-0.15, -0.1) is 0 Å². The molecule has 0 unspecified atom stereocenters. The molecule has 0 radical (unpaired) electrons. The van der Waals surface area contributed by atoms with Crippen LogP contribution in [0.3, 0.4) is 0 Å². The Bertz CT molecular complexity index is 1570. The Morgan fingerprint density at radius 3 is 2.45 bits per heavy atom. The molecule has 208 valence electrons. The zero-order valence-corrected chi connectivity index (χ0v) is 21.5. The number of aryl methyl sites for hydroxylation is 1. The maximum absolute atomic E-state index is 13.3. The van der Waals surface area contributed by atoms with Crippen LogP contribution in [-0.4, -0.2) is 35.1 Å². The number of aromatic nitrogens is 2. The third-order valence-electron chi connectivity index (χ3n) is 6.12. The molecule has 0 aliphatic rings. The highest BCUT2D eigenvalue weighted by Gasteiger charge is 2.31. The van der Waals surface area contributed by atoms with Crippen molar-refractivity contribution in [2.45, 2.75) is 32.1 Å². The molecule has 1 amide bonds. The number of rotatable bonds is 10. The third-order valence-corrected chi connectivity index (χ3v) is 6.12. The average molecular weight is 554 g/mol. The molecule has 0 aliphatic heterocycles. The second-order valence-corrected chi connectivity index (χ2v) is 8.89. The summed E-state index contributed by atoms with van der Waals surface area (Å²) in [6.45, 7) is -0.261. The first-order valence-electron chi connectivity index (χ1n) is 12.3. The van der Waals surface area contributed by atoms with Crippen LogP contribution in [0.4, 0.5) is 13.2 Å². The Morgan fingerprint density at radius 1 is 1.00 bits per heavy atom. The quantitative estimate of drug-likeness (QED) is 0.295. The molecule has 1 heterocycles. The summed E-state index contributed by atoms with van der Waals surface area (Å²) in [6.07, 6.45) is -5.06. The summed E-state index contributed by atoms with van der Waals surface area (Å²) in [4.78, 5) is 41.9. The topological polar surface area (TPSA) is 99.5 Å². The van der Waals surface area contributed by atoms with Gasteiger partial charge in [0.05, 0.1) is 36.7 Å². The third kappa shape index (κ3) is 7.04. The highest BCUT2D eigenvalue weighted by atomic mass is 19.4. The van der Waals surface area contributed by atoms with E-state index in [2.05, 4.69) is 10.3 Å². The zero-order valence-electron chi connectivity index (χ0n) is 21.5. The highest BCUT2D eigenvalue weighted by molar-refractivity contribution is 5.80. The second-order valence-electron chi connectivity index (χ2n) is 8.89. The molecule has 1 N–H and O–H groups in total. The number of fused-ring (bicyclic) bond motifs is 1. The van der Waals surface area contributed by atoms with Crippen molar-refractivity contribution >= 4 is 22.9 Å². The van der Waals surface area contributed by atoms with Crippen molar-refractivity contribution < 1.29 is 32.2 Å². The average Bonchev–Trinajstić information content (AvgIpc) is 2.95. The maximum atomic E-state index is 13.3. The number of halogens is 3. The maximum Gasteiger partial charge on any atom is 0.416 e. The van der Waals surface area contributed by atoms with Gasteiger partial charge in [-0.25, -0.2) is 4.98 Å². The minimum atomic E-state index is -4.59. The van der Waals surface area contributed by atoms with E-state index in [4.69, 9.17) is 9.47 Å². The summed E-state index contributed by atoms with van der Waals surface area (Å²) in [5.74, 6) is -0.691. The Kier molecular flexibility index (Phi) is 8.83. The minimum absolute atomic E-state index is 0.0237. The SMILES string of the molecule is COc1ccccc1CNC(=O)COC(=O)CCc1nc2cc(C(F)(F)F)ccc2n(Cc2ccccc2)c1=O. The van der Waals surface area contributed by atoms with Crippen molar-refractivity contribution in [3.8, 4) is 5.75 Å². The summed E-state index contributed by atoms with van der Waals surface area (Å²) in [5.41, 5.74) is 0.207. The van der Waals surface area contributed by atoms with Crippen LogP contribution >= 0.6 is 0 Å². The lowest BCUT2D eigenvalue weighted by Gasteiger charge is -2.14. The molecule has 8 nitrogen and oxygen atoms in total. The fraction of sp³-hybridized carbons (Fsp3) is 0.241. The van der Waals surface area contributed by atoms with Gasteiger partial charge >= 0.3 is 12.1 Å². The number of nitrogens with zero attached hydrogens (tertiary/aromatic N) is 2. The molecule has 0 fully saturated rings. The predicted molar refractivity (Wildman–Crippen MR) is 141 cm³/mol. The molecular formula is C29H26F3N3O5. The lowest BCUT2D eigenvalue weighted by molar-refractivity contribution is -0.148. The van der Waals surface area contributed by atoms with Gasteiger partial charge in [0.1, 0.15) is 11.4 Å². The lowest BCUT2D eigenvalue weighted by Crippen LogP contribution is -2.29. The molecule has 11 heteroatoms. The Morgan fingerprint density at radius 2 is 1.73 bits per heavy atom. The number of hydrogen-bond acceptors (Lipinski definition) is 6. The summed E-state index contributed by atoms with van der Waals surface area (Å²) < 4.78 is 51.6. The van der Waals surface area contributed by atoms with Crippen LogP contribution in [0, 0.1) is 0 Å². The van der Waals surface area contributed by atoms with Gasteiger partial charge in [-0.3, -0.25) is 14.4 Å². The van der Waals surface area contributed by atoms with Crippen LogP contribution in [0.15, 0.2) is 77.6 Å². The van der Waals surface area contributed by atoms with Gasteiger partial charge in [-0.1, -0.05) is 48.5 Å². The van der Waals surface area contributed by atoms with Crippen molar-refractivity contribution in [2.75, 3.05) is 13.7 Å². The number of ether oxygens (including phenoxy) is 2. The molecule has 0 atom stereocenters. The summed E-state index contributed by atoms with van der Waals surface area (Å²) in [5, 5.41) is 2.63. The lowest BCUT2D eigenvalue weighted by atomic mass is 10.1. The Hall–Kier alpha value is -4.67. The van der Waals surface area contributed by atoms with E-state index in [-0.39, 0.29) is 42.7 Å². The number of nitrogens with one attached hydrogen (secondary N) is 1. The fourth-order valence-electron chi connectivity index (χ4n) is 4.09. The zero-order chi connectivity index (χ0) is 28.7. The predicted octanol–water partition coefficient (Wildman–Crippen LogP) is 4.26. The van der Waals surface area contributed by atoms with Crippen molar-refractivity contribution in [3.05, 3.63) is 106 Å². The Labute approximate surface area is 227 Å². The number of para-hydroxylation sites is 1. The van der Waals surface area contributed by atoms with E-state index in [1.54, 1.807) is 48.5 Å². The normalized spacial score (nSPS) is 11.3. The van der Waals surface area contributed by atoms with Gasteiger partial charge < -0.3 is 19.4 Å². The Balaban J connectivity index is 1.45. The van der Waals surface area contributed by atoms with Crippen LogP contribution in [0.1, 0.15) is 28.8 Å². The van der Waals surface area contributed by atoms with E-state index >= 15 is 0 Å². The molecule has 0 saturated carbocycles. The molecule has 3 aromatic carbocycles. The number of benzene rings is 3. The van der Waals surface area contributed by atoms with Gasteiger partial charge in [0.15, 0.2) is 6.61 Å². The van der Waals surface area contributed by atoms with Crippen LogP contribution in [-0.2, 0) is 40.0 Å². The minimum Gasteiger partial charge on any atom is -0.496 e. The van der Waals surface area contributed by atoms with Crippen molar-refractivity contribution in [1.82, 2.24) is 14.9 Å². The molecule has 0 aliphatic carbocycles. The van der Waals surface area contributed by atoms with Gasteiger partial charge in [-0.2, -0.15) is 13.2 Å². The van der Waals surface area contributed by atoms with Gasteiger partial charge in [0.25, 0.3) is 11.5 Å². The summed E-state index contributed by atoms with van der Waals surface area (Å²) in [6, 6.07) is 19.1. The molecule has 4 aromatic rings. The number of esters is 1. The van der Waals surface area contributed by atoms with Gasteiger partial charge in [0.2, 0.25) is 0 Å².